The Labute approximate surface area is 112 Å². The molecule has 100 valence electrons. The van der Waals surface area contributed by atoms with Gasteiger partial charge in [0, 0.05) is 32.5 Å². The molecule has 0 saturated heterocycles. The molecule has 4 nitrogen and oxygen atoms in total. The van der Waals surface area contributed by atoms with E-state index < -0.39 is 5.97 Å². The molecule has 1 aromatic heterocycles. The summed E-state index contributed by atoms with van der Waals surface area (Å²) in [5, 5.41) is 9.20. The molecule has 0 spiro atoms. The van der Waals surface area contributed by atoms with E-state index in [2.05, 4.69) is 0 Å². The number of hydrogen-bond donors (Lipinski definition) is 1. The molecular weight excluding hydrogens is 240 g/mol. The predicted octanol–water partition coefficient (Wildman–Crippen LogP) is 2.61. The monoisotopic (exact) mass is 258 g/mol. The van der Waals surface area contributed by atoms with Crippen LogP contribution in [0.2, 0.25) is 0 Å². The lowest BCUT2D eigenvalue weighted by atomic mass is 10.2. The van der Waals surface area contributed by atoms with Crippen molar-refractivity contribution in [1.29, 1.82) is 0 Å². The third-order valence-electron chi connectivity index (χ3n) is 3.17. The Hall–Kier alpha value is -2.23. The van der Waals surface area contributed by atoms with Crippen LogP contribution in [0.15, 0.2) is 36.5 Å². The molecule has 0 bridgehead atoms. The quantitative estimate of drug-likeness (QED) is 0.917. The zero-order valence-corrected chi connectivity index (χ0v) is 11.4. The SMILES string of the molecule is Cc1ccn(Cc2ccc(N(C)C)cc2)c1C(=O)O. The van der Waals surface area contributed by atoms with Gasteiger partial charge in [0.15, 0.2) is 0 Å². The van der Waals surface area contributed by atoms with E-state index in [-0.39, 0.29) is 0 Å². The summed E-state index contributed by atoms with van der Waals surface area (Å²) in [7, 11) is 3.99. The minimum absolute atomic E-state index is 0.358. The van der Waals surface area contributed by atoms with Crippen LogP contribution in [0, 0.1) is 6.92 Å². The van der Waals surface area contributed by atoms with Crippen molar-refractivity contribution >= 4 is 11.7 Å². The van der Waals surface area contributed by atoms with Gasteiger partial charge in [0.1, 0.15) is 5.69 Å². The Kier molecular flexibility index (Phi) is 3.60. The Morgan fingerprint density at radius 2 is 1.84 bits per heavy atom. The van der Waals surface area contributed by atoms with Crippen LogP contribution in [0.25, 0.3) is 0 Å². The number of carboxylic acid groups (broad SMARTS) is 1. The van der Waals surface area contributed by atoms with Crippen LogP contribution in [0.3, 0.4) is 0 Å². The van der Waals surface area contributed by atoms with Crippen molar-refractivity contribution in [3.63, 3.8) is 0 Å². The van der Waals surface area contributed by atoms with E-state index in [9.17, 15) is 9.90 Å². The van der Waals surface area contributed by atoms with Crippen molar-refractivity contribution in [3.05, 3.63) is 53.3 Å². The van der Waals surface area contributed by atoms with Gasteiger partial charge in [-0.2, -0.15) is 0 Å². The molecule has 0 saturated carbocycles. The molecule has 2 rings (SSSR count). The van der Waals surface area contributed by atoms with E-state index in [1.807, 2.05) is 62.4 Å². The summed E-state index contributed by atoms with van der Waals surface area (Å²) >= 11 is 0. The van der Waals surface area contributed by atoms with Crippen molar-refractivity contribution in [3.8, 4) is 0 Å². The maximum absolute atomic E-state index is 11.2. The summed E-state index contributed by atoms with van der Waals surface area (Å²) in [6.07, 6.45) is 1.82. The van der Waals surface area contributed by atoms with Crippen LogP contribution in [0.5, 0.6) is 0 Å². The summed E-state index contributed by atoms with van der Waals surface area (Å²) in [4.78, 5) is 13.2. The number of carbonyl (C=O) groups is 1. The lowest BCUT2D eigenvalue weighted by molar-refractivity contribution is 0.0685. The smallest absolute Gasteiger partial charge is 0.352 e. The van der Waals surface area contributed by atoms with Gasteiger partial charge < -0.3 is 14.6 Å². The first-order chi connectivity index (χ1) is 8.99. The third kappa shape index (κ3) is 2.78. The van der Waals surface area contributed by atoms with Crippen LogP contribution in [0.4, 0.5) is 5.69 Å². The molecule has 0 fully saturated rings. The molecule has 1 N–H and O–H groups in total. The predicted molar refractivity (Wildman–Crippen MR) is 76.0 cm³/mol. The fourth-order valence-electron chi connectivity index (χ4n) is 2.10. The van der Waals surface area contributed by atoms with E-state index in [0.717, 1.165) is 16.8 Å². The zero-order chi connectivity index (χ0) is 14.0. The number of aryl methyl sites for hydroxylation is 1. The van der Waals surface area contributed by atoms with Gasteiger partial charge in [-0.15, -0.1) is 0 Å². The second-order valence-corrected chi connectivity index (χ2v) is 4.84. The minimum Gasteiger partial charge on any atom is -0.477 e. The average Bonchev–Trinajstić information content (AvgIpc) is 2.71. The highest BCUT2D eigenvalue weighted by molar-refractivity contribution is 5.87. The van der Waals surface area contributed by atoms with Crippen LogP contribution in [-0.2, 0) is 6.54 Å². The van der Waals surface area contributed by atoms with E-state index in [1.165, 1.54) is 0 Å². The fraction of sp³-hybridized carbons (Fsp3) is 0.267. The number of aromatic nitrogens is 1. The first-order valence-corrected chi connectivity index (χ1v) is 6.14. The molecule has 0 atom stereocenters. The van der Waals surface area contributed by atoms with Crippen LogP contribution < -0.4 is 4.90 Å². The van der Waals surface area contributed by atoms with Gasteiger partial charge in [0.2, 0.25) is 0 Å². The normalized spacial score (nSPS) is 10.5. The summed E-state index contributed by atoms with van der Waals surface area (Å²) in [6.45, 7) is 2.39. The van der Waals surface area contributed by atoms with E-state index in [1.54, 1.807) is 4.57 Å². The zero-order valence-electron chi connectivity index (χ0n) is 11.4. The van der Waals surface area contributed by atoms with E-state index in [4.69, 9.17) is 0 Å². The Bertz CT molecular complexity index is 583. The van der Waals surface area contributed by atoms with Crippen LogP contribution in [-0.4, -0.2) is 29.7 Å². The number of nitrogens with zero attached hydrogens (tertiary/aromatic N) is 2. The summed E-state index contributed by atoms with van der Waals surface area (Å²) in [5.41, 5.74) is 3.36. The molecule has 4 heteroatoms. The van der Waals surface area contributed by atoms with Crippen molar-refractivity contribution in [2.24, 2.45) is 0 Å². The maximum Gasteiger partial charge on any atom is 0.352 e. The third-order valence-corrected chi connectivity index (χ3v) is 3.17. The van der Waals surface area contributed by atoms with Crippen molar-refractivity contribution in [2.45, 2.75) is 13.5 Å². The topological polar surface area (TPSA) is 45.5 Å². The molecule has 0 aliphatic heterocycles. The molecule has 0 aliphatic carbocycles. The second kappa shape index (κ2) is 5.18. The molecular formula is C15H18N2O2. The average molecular weight is 258 g/mol. The summed E-state index contributed by atoms with van der Waals surface area (Å²) < 4.78 is 1.77. The number of aromatic carboxylic acids is 1. The molecule has 0 aliphatic rings. The van der Waals surface area contributed by atoms with Crippen molar-refractivity contribution < 1.29 is 9.90 Å². The second-order valence-electron chi connectivity index (χ2n) is 4.84. The number of carboxylic acids is 1. The van der Waals surface area contributed by atoms with Gasteiger partial charge >= 0.3 is 5.97 Å². The van der Waals surface area contributed by atoms with Gasteiger partial charge in [0.05, 0.1) is 0 Å². The van der Waals surface area contributed by atoms with Crippen molar-refractivity contribution in [1.82, 2.24) is 4.57 Å². The maximum atomic E-state index is 11.2. The van der Waals surface area contributed by atoms with Gasteiger partial charge in [0.25, 0.3) is 0 Å². The van der Waals surface area contributed by atoms with Gasteiger partial charge in [-0.05, 0) is 36.2 Å². The van der Waals surface area contributed by atoms with Gasteiger partial charge in [-0.25, -0.2) is 4.79 Å². The molecule has 2 aromatic rings. The number of hydrogen-bond acceptors (Lipinski definition) is 2. The highest BCUT2D eigenvalue weighted by Gasteiger charge is 2.13. The highest BCUT2D eigenvalue weighted by Crippen LogP contribution is 2.16. The highest BCUT2D eigenvalue weighted by atomic mass is 16.4. The lowest BCUT2D eigenvalue weighted by Gasteiger charge is -2.13. The van der Waals surface area contributed by atoms with Gasteiger partial charge in [-0.1, -0.05) is 12.1 Å². The molecule has 19 heavy (non-hydrogen) atoms. The van der Waals surface area contributed by atoms with Crippen LogP contribution in [0.1, 0.15) is 21.6 Å². The number of anilines is 1. The van der Waals surface area contributed by atoms with E-state index in [0.29, 0.717) is 12.2 Å². The molecule has 1 heterocycles. The first-order valence-electron chi connectivity index (χ1n) is 6.14. The Morgan fingerprint density at radius 1 is 1.21 bits per heavy atom. The first kappa shape index (κ1) is 13.2. The number of rotatable bonds is 4. The molecule has 1 aromatic carbocycles. The van der Waals surface area contributed by atoms with Gasteiger partial charge in [-0.3, -0.25) is 0 Å². The Morgan fingerprint density at radius 3 is 2.37 bits per heavy atom. The largest absolute Gasteiger partial charge is 0.477 e. The standard InChI is InChI=1S/C15H18N2O2/c1-11-8-9-17(14(11)15(18)19)10-12-4-6-13(7-5-12)16(2)3/h4-9H,10H2,1-3H3,(H,18,19). The van der Waals surface area contributed by atoms with Crippen molar-refractivity contribution in [2.75, 3.05) is 19.0 Å². The fourth-order valence-corrected chi connectivity index (χ4v) is 2.10. The van der Waals surface area contributed by atoms with E-state index >= 15 is 0 Å². The molecule has 0 unspecified atom stereocenters. The lowest BCUT2D eigenvalue weighted by Crippen LogP contribution is -2.11. The molecule has 0 radical (unpaired) electrons. The summed E-state index contributed by atoms with van der Waals surface area (Å²) in [6, 6.07) is 9.95. The summed E-state index contributed by atoms with van der Waals surface area (Å²) in [5.74, 6) is -0.882. The molecule has 0 amide bonds. The van der Waals surface area contributed by atoms with Crippen LogP contribution >= 0.6 is 0 Å². The Balaban J connectivity index is 2.24. The minimum atomic E-state index is -0.882. The number of benzene rings is 1.